The van der Waals surface area contributed by atoms with Crippen LogP contribution in [0.3, 0.4) is 0 Å². The number of aromatic nitrogens is 2. The lowest BCUT2D eigenvalue weighted by Gasteiger charge is -2.28. The second-order valence-corrected chi connectivity index (χ2v) is 15.8. The third-order valence-electron chi connectivity index (χ3n) is 12.4. The molecule has 0 amide bonds. The maximum absolute atomic E-state index is 5.27. The van der Waals surface area contributed by atoms with Crippen LogP contribution in [-0.4, -0.2) is 9.97 Å². The van der Waals surface area contributed by atoms with Crippen LogP contribution < -0.4 is 0 Å². The van der Waals surface area contributed by atoms with Crippen LogP contribution >= 0.6 is 0 Å². The zero-order chi connectivity index (χ0) is 40.0. The molecule has 1 aliphatic rings. The zero-order valence-electron chi connectivity index (χ0n) is 33.3. The first-order valence-electron chi connectivity index (χ1n) is 20.7. The van der Waals surface area contributed by atoms with Crippen molar-refractivity contribution in [2.24, 2.45) is 0 Å². The van der Waals surface area contributed by atoms with Crippen LogP contribution in [-0.2, 0) is 5.41 Å². The van der Waals surface area contributed by atoms with Crippen molar-refractivity contribution in [2.75, 3.05) is 0 Å². The molecule has 1 atom stereocenters. The van der Waals surface area contributed by atoms with Crippen molar-refractivity contribution in [1.82, 2.24) is 9.97 Å². The molecule has 2 nitrogen and oxygen atoms in total. The van der Waals surface area contributed by atoms with Gasteiger partial charge in [0.15, 0.2) is 5.82 Å². The van der Waals surface area contributed by atoms with E-state index in [1.165, 1.54) is 55.5 Å². The Bertz CT molecular complexity index is 3210. The summed E-state index contributed by atoms with van der Waals surface area (Å²) >= 11 is 0. The van der Waals surface area contributed by atoms with E-state index < -0.39 is 0 Å². The first-order valence-corrected chi connectivity index (χ1v) is 20.7. The molecule has 282 valence electrons. The lowest BCUT2D eigenvalue weighted by molar-refractivity contribution is 0.714. The molecule has 1 unspecified atom stereocenters. The predicted molar refractivity (Wildman–Crippen MR) is 250 cm³/mol. The molecule has 2 heteroatoms. The maximum Gasteiger partial charge on any atom is 0.160 e. The minimum Gasteiger partial charge on any atom is -0.228 e. The molecule has 0 saturated heterocycles. The molecule has 0 radical (unpaired) electrons. The maximum atomic E-state index is 5.27. The highest BCUT2D eigenvalue weighted by molar-refractivity contribution is 6.05. The van der Waals surface area contributed by atoms with Gasteiger partial charge in [-0.3, -0.25) is 0 Å². The van der Waals surface area contributed by atoms with Crippen LogP contribution in [0.25, 0.3) is 89.2 Å². The van der Waals surface area contributed by atoms with E-state index in [0.29, 0.717) is 5.82 Å². The molecular formula is C58H40N2. The minimum atomic E-state index is -0.252. The average Bonchev–Trinajstić information content (AvgIpc) is 3.59. The van der Waals surface area contributed by atoms with E-state index in [9.17, 15) is 0 Å². The summed E-state index contributed by atoms with van der Waals surface area (Å²) in [6.45, 7) is 2.38. The molecule has 60 heavy (non-hydrogen) atoms. The van der Waals surface area contributed by atoms with Crippen LogP contribution in [0.2, 0.25) is 0 Å². The molecule has 0 bridgehead atoms. The van der Waals surface area contributed by atoms with Gasteiger partial charge in [-0.1, -0.05) is 206 Å². The van der Waals surface area contributed by atoms with E-state index in [4.69, 9.17) is 9.97 Å². The van der Waals surface area contributed by atoms with Crippen molar-refractivity contribution < 1.29 is 0 Å². The number of hydrogen-bond donors (Lipinski definition) is 0. The van der Waals surface area contributed by atoms with Gasteiger partial charge in [0.25, 0.3) is 0 Å². The summed E-state index contributed by atoms with van der Waals surface area (Å²) in [4.78, 5) is 10.5. The summed E-state index contributed by atoms with van der Waals surface area (Å²) < 4.78 is 0. The number of hydrogen-bond acceptors (Lipinski definition) is 2. The second-order valence-electron chi connectivity index (χ2n) is 15.8. The van der Waals surface area contributed by atoms with Gasteiger partial charge in [0.1, 0.15) is 0 Å². The molecule has 1 aliphatic carbocycles. The Morgan fingerprint density at radius 1 is 0.300 bits per heavy atom. The Morgan fingerprint density at radius 2 is 0.800 bits per heavy atom. The molecule has 1 heterocycles. The Kier molecular flexibility index (Phi) is 8.64. The summed E-state index contributed by atoms with van der Waals surface area (Å²) in [7, 11) is 0. The molecule has 10 aromatic rings. The van der Waals surface area contributed by atoms with Crippen molar-refractivity contribution in [3.8, 4) is 78.4 Å². The smallest absolute Gasteiger partial charge is 0.160 e. The molecule has 1 aromatic heterocycles. The Hall–Kier alpha value is -7.68. The lowest BCUT2D eigenvalue weighted by Crippen LogP contribution is -2.22. The first-order chi connectivity index (χ1) is 29.6. The molecule has 0 aliphatic heterocycles. The van der Waals surface area contributed by atoms with Crippen molar-refractivity contribution >= 4 is 10.8 Å². The van der Waals surface area contributed by atoms with Gasteiger partial charge in [-0.25, -0.2) is 9.97 Å². The summed E-state index contributed by atoms with van der Waals surface area (Å²) in [6.07, 6.45) is 0. The van der Waals surface area contributed by atoms with Crippen molar-refractivity contribution in [1.29, 1.82) is 0 Å². The van der Waals surface area contributed by atoms with Crippen LogP contribution in [0.5, 0.6) is 0 Å². The number of fused-ring (bicyclic) bond motifs is 4. The molecular weight excluding hydrogens is 725 g/mol. The van der Waals surface area contributed by atoms with Crippen molar-refractivity contribution in [3.63, 3.8) is 0 Å². The van der Waals surface area contributed by atoms with E-state index in [0.717, 1.165) is 44.6 Å². The van der Waals surface area contributed by atoms with Crippen LogP contribution in [0.4, 0.5) is 0 Å². The largest absolute Gasteiger partial charge is 0.228 e. The standard InChI is InChI=1S/C58H40N2/c1-58(44-24-9-4-10-25-44)53-31-16-15-29-49(53)50-33-32-42(37-54(50)58)41-22-17-23-43(36-41)46-34-35-52(48-28-13-12-27-47(46)48)56-38-55(59-57(60-56)40-20-7-3-8-21-40)51-30-14-11-26-45(51)39-18-5-2-6-19-39/h2-38H,1H3. The fraction of sp³-hybridized carbons (Fsp3) is 0.0345. The molecule has 0 N–H and O–H groups in total. The predicted octanol–water partition coefficient (Wildman–Crippen LogP) is 15.0. The van der Waals surface area contributed by atoms with Gasteiger partial charge in [0, 0.05) is 22.1 Å². The fourth-order valence-corrected chi connectivity index (χ4v) is 9.41. The Labute approximate surface area is 351 Å². The normalized spacial score (nSPS) is 14.2. The van der Waals surface area contributed by atoms with Crippen LogP contribution in [0, 0.1) is 0 Å². The van der Waals surface area contributed by atoms with Crippen molar-refractivity contribution in [3.05, 3.63) is 241 Å². The fourth-order valence-electron chi connectivity index (χ4n) is 9.41. The van der Waals surface area contributed by atoms with E-state index >= 15 is 0 Å². The molecule has 0 saturated carbocycles. The third kappa shape index (κ3) is 5.96. The number of benzene rings is 9. The monoisotopic (exact) mass is 764 g/mol. The molecule has 9 aromatic carbocycles. The zero-order valence-corrected chi connectivity index (χ0v) is 33.3. The SMILES string of the molecule is CC1(c2ccccc2)c2ccccc2-c2ccc(-c3cccc(-c4ccc(-c5cc(-c6ccccc6-c6ccccc6)nc(-c6ccccc6)n5)c5ccccc45)c3)cc21. The van der Waals surface area contributed by atoms with Crippen LogP contribution in [0.15, 0.2) is 224 Å². The van der Waals surface area contributed by atoms with Gasteiger partial charge in [-0.2, -0.15) is 0 Å². The highest BCUT2D eigenvalue weighted by Gasteiger charge is 2.40. The highest BCUT2D eigenvalue weighted by Crippen LogP contribution is 2.53. The minimum absolute atomic E-state index is 0.252. The summed E-state index contributed by atoms with van der Waals surface area (Å²) in [5.41, 5.74) is 18.3. The topological polar surface area (TPSA) is 25.8 Å². The van der Waals surface area contributed by atoms with Gasteiger partial charge in [0.2, 0.25) is 0 Å². The van der Waals surface area contributed by atoms with E-state index in [1.54, 1.807) is 0 Å². The van der Waals surface area contributed by atoms with Gasteiger partial charge in [-0.15, -0.1) is 0 Å². The summed E-state index contributed by atoms with van der Waals surface area (Å²) in [6, 6.07) is 80.7. The number of nitrogens with zero attached hydrogens (tertiary/aromatic N) is 2. The van der Waals surface area contributed by atoms with Gasteiger partial charge in [0.05, 0.1) is 11.4 Å². The molecule has 11 rings (SSSR count). The van der Waals surface area contributed by atoms with E-state index in [2.05, 4.69) is 213 Å². The summed E-state index contributed by atoms with van der Waals surface area (Å²) in [5.74, 6) is 0.702. The Morgan fingerprint density at radius 3 is 1.55 bits per heavy atom. The van der Waals surface area contributed by atoms with E-state index in [-0.39, 0.29) is 5.41 Å². The first kappa shape index (κ1) is 35.5. The highest BCUT2D eigenvalue weighted by atomic mass is 14.9. The quantitative estimate of drug-likeness (QED) is 0.162. The third-order valence-corrected chi connectivity index (χ3v) is 12.4. The number of rotatable bonds is 7. The lowest BCUT2D eigenvalue weighted by atomic mass is 9.74. The van der Waals surface area contributed by atoms with Gasteiger partial charge in [-0.05, 0) is 97.1 Å². The van der Waals surface area contributed by atoms with Crippen LogP contribution in [0.1, 0.15) is 23.6 Å². The Balaban J connectivity index is 1.03. The molecule has 0 spiro atoms. The van der Waals surface area contributed by atoms with E-state index in [1.807, 2.05) is 18.2 Å². The van der Waals surface area contributed by atoms with Gasteiger partial charge < -0.3 is 0 Å². The average molecular weight is 765 g/mol. The molecule has 0 fully saturated rings. The van der Waals surface area contributed by atoms with Crippen molar-refractivity contribution in [2.45, 2.75) is 12.3 Å². The summed E-state index contributed by atoms with van der Waals surface area (Å²) in [5, 5.41) is 2.33. The van der Waals surface area contributed by atoms with Gasteiger partial charge >= 0.3 is 0 Å². The second kappa shape index (κ2) is 14.6.